The lowest BCUT2D eigenvalue weighted by Gasteiger charge is -2.21. The monoisotopic (exact) mass is 257 g/mol. The topological polar surface area (TPSA) is 20.3 Å². The van der Waals surface area contributed by atoms with Crippen LogP contribution in [0.4, 0.5) is 4.39 Å². The van der Waals surface area contributed by atoms with Gasteiger partial charge in [0, 0.05) is 18.7 Å². The van der Waals surface area contributed by atoms with Crippen LogP contribution in [-0.4, -0.2) is 17.4 Å². The number of rotatable bonds is 4. The molecule has 2 aromatic carbocycles. The van der Waals surface area contributed by atoms with Crippen molar-refractivity contribution in [3.05, 3.63) is 71.5 Å². The Morgan fingerprint density at radius 1 is 1.05 bits per heavy atom. The molecule has 0 bridgehead atoms. The standard InChI is InChI=1S/C16H16FNO/c1-2-18(12-13-6-4-3-5-7-13)16(19)14-8-10-15(17)11-9-14/h3-11H,2,12H2,1H3. The van der Waals surface area contributed by atoms with Crippen LogP contribution in [0.15, 0.2) is 54.6 Å². The Morgan fingerprint density at radius 3 is 2.26 bits per heavy atom. The van der Waals surface area contributed by atoms with Crippen molar-refractivity contribution in [2.75, 3.05) is 6.54 Å². The Bertz CT molecular complexity index is 536. The van der Waals surface area contributed by atoms with Crippen molar-refractivity contribution in [3.63, 3.8) is 0 Å². The Kier molecular flexibility index (Phi) is 4.29. The first-order valence-corrected chi connectivity index (χ1v) is 6.29. The molecule has 1 amide bonds. The van der Waals surface area contributed by atoms with Crippen molar-refractivity contribution < 1.29 is 9.18 Å². The van der Waals surface area contributed by atoms with E-state index in [0.717, 1.165) is 5.56 Å². The maximum absolute atomic E-state index is 12.9. The van der Waals surface area contributed by atoms with Gasteiger partial charge in [-0.25, -0.2) is 4.39 Å². The highest BCUT2D eigenvalue weighted by molar-refractivity contribution is 5.94. The van der Waals surface area contributed by atoms with E-state index in [1.165, 1.54) is 24.3 Å². The quantitative estimate of drug-likeness (QED) is 0.821. The molecular formula is C16H16FNO. The first-order chi connectivity index (χ1) is 9.20. The second kappa shape index (κ2) is 6.14. The summed E-state index contributed by atoms with van der Waals surface area (Å²) in [7, 11) is 0. The van der Waals surface area contributed by atoms with Gasteiger partial charge in [-0.15, -0.1) is 0 Å². The first kappa shape index (κ1) is 13.3. The van der Waals surface area contributed by atoms with Gasteiger partial charge in [0.15, 0.2) is 0 Å². The molecule has 0 saturated heterocycles. The fourth-order valence-corrected chi connectivity index (χ4v) is 1.91. The Balaban J connectivity index is 2.13. The Labute approximate surface area is 112 Å². The molecule has 0 aliphatic carbocycles. The fourth-order valence-electron chi connectivity index (χ4n) is 1.91. The minimum Gasteiger partial charge on any atom is -0.335 e. The molecule has 2 nitrogen and oxygen atoms in total. The smallest absolute Gasteiger partial charge is 0.254 e. The number of carbonyl (C=O) groups excluding carboxylic acids is 1. The van der Waals surface area contributed by atoms with Gasteiger partial charge in [0.25, 0.3) is 5.91 Å². The van der Waals surface area contributed by atoms with Crippen molar-refractivity contribution in [2.24, 2.45) is 0 Å². The second-order valence-corrected chi connectivity index (χ2v) is 4.31. The molecule has 0 fully saturated rings. The summed E-state index contributed by atoms with van der Waals surface area (Å²) in [6, 6.07) is 15.5. The lowest BCUT2D eigenvalue weighted by Crippen LogP contribution is -2.30. The highest BCUT2D eigenvalue weighted by Gasteiger charge is 2.14. The highest BCUT2D eigenvalue weighted by Crippen LogP contribution is 2.10. The zero-order chi connectivity index (χ0) is 13.7. The normalized spacial score (nSPS) is 10.2. The van der Waals surface area contributed by atoms with Crippen molar-refractivity contribution >= 4 is 5.91 Å². The third-order valence-corrected chi connectivity index (χ3v) is 2.98. The molecule has 0 spiro atoms. The van der Waals surface area contributed by atoms with Gasteiger partial charge in [-0.1, -0.05) is 30.3 Å². The summed E-state index contributed by atoms with van der Waals surface area (Å²) in [5.74, 6) is -0.408. The van der Waals surface area contributed by atoms with Crippen LogP contribution in [0, 0.1) is 5.82 Å². The van der Waals surface area contributed by atoms with E-state index in [1.807, 2.05) is 37.3 Å². The van der Waals surface area contributed by atoms with Crippen LogP contribution >= 0.6 is 0 Å². The van der Waals surface area contributed by atoms with Crippen molar-refractivity contribution in [3.8, 4) is 0 Å². The number of nitrogens with zero attached hydrogens (tertiary/aromatic N) is 1. The molecule has 19 heavy (non-hydrogen) atoms. The predicted molar refractivity (Wildman–Crippen MR) is 73.3 cm³/mol. The van der Waals surface area contributed by atoms with Crippen LogP contribution in [0.2, 0.25) is 0 Å². The first-order valence-electron chi connectivity index (χ1n) is 6.29. The minimum atomic E-state index is -0.331. The van der Waals surface area contributed by atoms with E-state index in [4.69, 9.17) is 0 Å². The number of amides is 1. The largest absolute Gasteiger partial charge is 0.335 e. The third kappa shape index (κ3) is 3.41. The molecule has 0 aliphatic heterocycles. The molecule has 3 heteroatoms. The number of hydrogen-bond donors (Lipinski definition) is 0. The van der Waals surface area contributed by atoms with E-state index in [2.05, 4.69) is 0 Å². The summed E-state index contributed by atoms with van der Waals surface area (Å²) in [5, 5.41) is 0. The Morgan fingerprint density at radius 2 is 1.68 bits per heavy atom. The molecule has 98 valence electrons. The molecular weight excluding hydrogens is 241 g/mol. The summed E-state index contributed by atoms with van der Waals surface area (Å²) in [4.78, 5) is 14.0. The molecule has 2 aromatic rings. The average molecular weight is 257 g/mol. The van der Waals surface area contributed by atoms with Gasteiger partial charge in [0.05, 0.1) is 0 Å². The highest BCUT2D eigenvalue weighted by atomic mass is 19.1. The predicted octanol–water partition coefficient (Wildman–Crippen LogP) is 3.49. The molecule has 2 rings (SSSR count). The van der Waals surface area contributed by atoms with Gasteiger partial charge in [0.1, 0.15) is 5.82 Å². The fraction of sp³-hybridized carbons (Fsp3) is 0.188. The molecule has 0 N–H and O–H groups in total. The van der Waals surface area contributed by atoms with Gasteiger partial charge >= 0.3 is 0 Å². The summed E-state index contributed by atoms with van der Waals surface area (Å²) in [5.41, 5.74) is 1.60. The van der Waals surface area contributed by atoms with Gasteiger partial charge in [-0.3, -0.25) is 4.79 Å². The summed E-state index contributed by atoms with van der Waals surface area (Å²) in [6.07, 6.45) is 0. The van der Waals surface area contributed by atoms with Crippen LogP contribution < -0.4 is 0 Å². The van der Waals surface area contributed by atoms with E-state index in [0.29, 0.717) is 18.7 Å². The number of halogens is 1. The third-order valence-electron chi connectivity index (χ3n) is 2.98. The van der Waals surface area contributed by atoms with Crippen LogP contribution in [0.1, 0.15) is 22.8 Å². The SMILES string of the molecule is CCN(Cc1ccccc1)C(=O)c1ccc(F)cc1. The molecule has 0 heterocycles. The Hall–Kier alpha value is -2.16. The van der Waals surface area contributed by atoms with E-state index >= 15 is 0 Å². The number of benzene rings is 2. The van der Waals surface area contributed by atoms with Crippen molar-refractivity contribution in [1.82, 2.24) is 4.90 Å². The average Bonchev–Trinajstić information content (AvgIpc) is 2.46. The van der Waals surface area contributed by atoms with Crippen molar-refractivity contribution in [1.29, 1.82) is 0 Å². The van der Waals surface area contributed by atoms with Crippen LogP contribution in [0.25, 0.3) is 0 Å². The summed E-state index contributed by atoms with van der Waals surface area (Å²) in [6.45, 7) is 3.11. The molecule has 0 aromatic heterocycles. The van der Waals surface area contributed by atoms with Crippen LogP contribution in [-0.2, 0) is 6.54 Å². The van der Waals surface area contributed by atoms with Gasteiger partial charge in [0.2, 0.25) is 0 Å². The summed E-state index contributed by atoms with van der Waals surface area (Å²) < 4.78 is 12.9. The summed E-state index contributed by atoms with van der Waals surface area (Å²) >= 11 is 0. The van der Waals surface area contributed by atoms with Gasteiger partial charge in [-0.05, 0) is 36.8 Å². The van der Waals surface area contributed by atoms with E-state index < -0.39 is 0 Å². The number of carbonyl (C=O) groups is 1. The maximum atomic E-state index is 12.9. The van der Waals surface area contributed by atoms with Gasteiger partial charge < -0.3 is 4.90 Å². The zero-order valence-corrected chi connectivity index (χ0v) is 10.8. The van der Waals surface area contributed by atoms with Crippen LogP contribution in [0.5, 0.6) is 0 Å². The van der Waals surface area contributed by atoms with E-state index in [-0.39, 0.29) is 11.7 Å². The molecule has 0 radical (unpaired) electrons. The molecule has 0 saturated carbocycles. The lowest BCUT2D eigenvalue weighted by molar-refractivity contribution is 0.0752. The van der Waals surface area contributed by atoms with E-state index in [1.54, 1.807) is 4.90 Å². The van der Waals surface area contributed by atoms with Crippen molar-refractivity contribution in [2.45, 2.75) is 13.5 Å². The lowest BCUT2D eigenvalue weighted by atomic mass is 10.1. The molecule has 0 aliphatic rings. The number of hydrogen-bond acceptors (Lipinski definition) is 1. The zero-order valence-electron chi connectivity index (χ0n) is 10.8. The molecule has 0 atom stereocenters. The second-order valence-electron chi connectivity index (χ2n) is 4.31. The van der Waals surface area contributed by atoms with Crippen LogP contribution in [0.3, 0.4) is 0 Å². The minimum absolute atomic E-state index is 0.0775. The van der Waals surface area contributed by atoms with E-state index in [9.17, 15) is 9.18 Å². The molecule has 0 unspecified atom stereocenters. The maximum Gasteiger partial charge on any atom is 0.254 e. The van der Waals surface area contributed by atoms with Gasteiger partial charge in [-0.2, -0.15) is 0 Å².